The molecule has 0 saturated heterocycles. The molecule has 2 aromatic rings. The topological polar surface area (TPSA) is 67.8 Å². The van der Waals surface area contributed by atoms with E-state index in [9.17, 15) is 18.3 Å². The van der Waals surface area contributed by atoms with Crippen LogP contribution < -0.4 is 10.6 Å². The van der Waals surface area contributed by atoms with Crippen molar-refractivity contribution in [3.8, 4) is 11.5 Å². The summed E-state index contributed by atoms with van der Waals surface area (Å²) in [7, 11) is 0. The van der Waals surface area contributed by atoms with Crippen molar-refractivity contribution < 1.29 is 23.1 Å². The predicted molar refractivity (Wildman–Crippen MR) is 80.4 cm³/mol. The summed E-state index contributed by atoms with van der Waals surface area (Å²) in [6, 6.07) is 12.1. The Kier molecular flexibility index (Phi) is 5.23. The summed E-state index contributed by atoms with van der Waals surface area (Å²) in [5.41, 5.74) is 5.73. The van der Waals surface area contributed by atoms with E-state index in [0.29, 0.717) is 5.56 Å². The van der Waals surface area contributed by atoms with Crippen molar-refractivity contribution >= 4 is 5.71 Å². The smallest absolute Gasteiger partial charge is 0.404 e. The lowest BCUT2D eigenvalue weighted by Crippen LogP contribution is -2.39. The molecule has 122 valence electrons. The van der Waals surface area contributed by atoms with Gasteiger partial charge in [0.15, 0.2) is 5.75 Å². The fourth-order valence-corrected chi connectivity index (χ4v) is 1.81. The maximum absolute atomic E-state index is 12.7. The average molecular weight is 324 g/mol. The Hall–Kier alpha value is -2.54. The van der Waals surface area contributed by atoms with Crippen LogP contribution >= 0.6 is 0 Å². The minimum Gasteiger partial charge on any atom is -0.508 e. The van der Waals surface area contributed by atoms with Gasteiger partial charge in [-0.2, -0.15) is 13.2 Å². The molecule has 4 nitrogen and oxygen atoms in total. The van der Waals surface area contributed by atoms with Gasteiger partial charge in [-0.25, -0.2) is 0 Å². The van der Waals surface area contributed by atoms with Crippen molar-refractivity contribution in [2.45, 2.75) is 18.6 Å². The van der Waals surface area contributed by atoms with Gasteiger partial charge in [-0.15, -0.1) is 0 Å². The van der Waals surface area contributed by atoms with Gasteiger partial charge in [0.05, 0.1) is 5.71 Å². The Bertz CT molecular complexity index is 673. The van der Waals surface area contributed by atoms with Crippen molar-refractivity contribution in [3.05, 3.63) is 60.2 Å². The quantitative estimate of drug-likeness (QED) is 0.654. The predicted octanol–water partition coefficient (Wildman–Crippen LogP) is 3.46. The van der Waals surface area contributed by atoms with Gasteiger partial charge < -0.3 is 15.7 Å². The number of phenolic OH excluding ortho intramolecular Hbond substituents is 1. The number of nitrogens with two attached hydrogens (primary N) is 1. The summed E-state index contributed by atoms with van der Waals surface area (Å²) < 4.78 is 38.1. The number of halogens is 3. The largest absolute Gasteiger partial charge is 0.508 e. The van der Waals surface area contributed by atoms with Crippen molar-refractivity contribution in [2.24, 2.45) is 10.9 Å². The first-order valence-corrected chi connectivity index (χ1v) is 6.77. The minimum atomic E-state index is -4.53. The zero-order valence-corrected chi connectivity index (χ0v) is 12.0. The second-order valence-corrected chi connectivity index (χ2v) is 4.84. The molecular weight excluding hydrogens is 309 g/mol. The van der Waals surface area contributed by atoms with E-state index in [1.165, 1.54) is 24.3 Å². The van der Waals surface area contributed by atoms with Crippen LogP contribution in [0.2, 0.25) is 0 Å². The summed E-state index contributed by atoms with van der Waals surface area (Å²) in [6.07, 6.45) is -5.05. The Morgan fingerprint density at radius 1 is 1.13 bits per heavy atom. The molecule has 0 aromatic heterocycles. The molecule has 23 heavy (non-hydrogen) atoms. The number of phenols is 1. The molecule has 2 rings (SSSR count). The van der Waals surface area contributed by atoms with Crippen LogP contribution in [-0.2, 0) is 0 Å². The van der Waals surface area contributed by atoms with E-state index in [1.807, 2.05) is 0 Å². The van der Waals surface area contributed by atoms with Crippen molar-refractivity contribution in [1.82, 2.24) is 0 Å². The summed E-state index contributed by atoms with van der Waals surface area (Å²) in [4.78, 5) is 5.12. The molecule has 1 atom stereocenters. The molecule has 1 unspecified atom stereocenters. The molecular formula is C16H15F3N2O2. The van der Waals surface area contributed by atoms with Crippen molar-refractivity contribution in [1.29, 1.82) is 0 Å². The van der Waals surface area contributed by atoms with Crippen LogP contribution in [0.4, 0.5) is 13.2 Å². The second-order valence-electron chi connectivity index (χ2n) is 4.84. The van der Waals surface area contributed by atoms with Crippen LogP contribution in [0.15, 0.2) is 59.8 Å². The van der Waals surface area contributed by atoms with E-state index >= 15 is 0 Å². The average Bonchev–Trinajstić information content (AvgIpc) is 2.51. The first-order chi connectivity index (χ1) is 10.9. The third-order valence-corrected chi connectivity index (χ3v) is 3.02. The zero-order chi connectivity index (χ0) is 16.9. The number of aromatic hydroxyl groups is 1. The number of hydrogen-bond donors (Lipinski definition) is 2. The van der Waals surface area contributed by atoms with Crippen molar-refractivity contribution in [2.75, 3.05) is 0 Å². The Balaban J connectivity index is 2.24. The number of nitrogens with zero attached hydrogens (tertiary/aromatic N) is 1. The molecule has 0 fully saturated rings. The van der Waals surface area contributed by atoms with E-state index in [-0.39, 0.29) is 17.2 Å². The van der Waals surface area contributed by atoms with Gasteiger partial charge in [0, 0.05) is 12.5 Å². The molecule has 0 aliphatic carbocycles. The SMILES string of the molecule is NC(C/C(=N\Oc1cccc(O)c1)c1ccccc1)C(F)(F)F. The minimum absolute atomic E-state index is 0.0362. The molecule has 0 heterocycles. The monoisotopic (exact) mass is 324 g/mol. The highest BCUT2D eigenvalue weighted by Gasteiger charge is 2.37. The Labute approximate surface area is 131 Å². The summed E-state index contributed by atoms with van der Waals surface area (Å²) in [5, 5.41) is 13.1. The van der Waals surface area contributed by atoms with Gasteiger partial charge >= 0.3 is 6.18 Å². The van der Waals surface area contributed by atoms with Crippen LogP contribution in [-0.4, -0.2) is 23.0 Å². The third-order valence-electron chi connectivity index (χ3n) is 3.02. The van der Waals surface area contributed by atoms with Crippen LogP contribution in [0.5, 0.6) is 11.5 Å². The highest BCUT2D eigenvalue weighted by Crippen LogP contribution is 2.23. The van der Waals surface area contributed by atoms with Crippen molar-refractivity contribution in [3.63, 3.8) is 0 Å². The number of alkyl halides is 3. The molecule has 0 aliphatic rings. The van der Waals surface area contributed by atoms with E-state index in [4.69, 9.17) is 10.6 Å². The van der Waals surface area contributed by atoms with Crippen LogP contribution in [0.1, 0.15) is 12.0 Å². The fourth-order valence-electron chi connectivity index (χ4n) is 1.81. The molecule has 0 saturated carbocycles. The van der Waals surface area contributed by atoms with Gasteiger partial charge in [0.2, 0.25) is 0 Å². The molecule has 2 aromatic carbocycles. The molecule has 3 N–H and O–H groups in total. The lowest BCUT2D eigenvalue weighted by molar-refractivity contribution is -0.145. The maximum atomic E-state index is 12.7. The number of oxime groups is 1. The molecule has 7 heteroatoms. The van der Waals surface area contributed by atoms with Gasteiger partial charge in [-0.3, -0.25) is 0 Å². The van der Waals surface area contributed by atoms with Crippen LogP contribution in [0.3, 0.4) is 0 Å². The number of rotatable bonds is 5. The van der Waals surface area contributed by atoms with Gasteiger partial charge in [-0.05, 0) is 17.7 Å². The third kappa shape index (κ3) is 5.00. The van der Waals surface area contributed by atoms with E-state index in [1.54, 1.807) is 30.3 Å². The van der Waals surface area contributed by atoms with Crippen LogP contribution in [0.25, 0.3) is 0 Å². The van der Waals surface area contributed by atoms with Gasteiger partial charge in [0.1, 0.15) is 11.8 Å². The summed E-state index contributed by atoms with van der Waals surface area (Å²) in [5.74, 6) is 0.171. The molecule has 0 bridgehead atoms. The van der Waals surface area contributed by atoms with Crippen LogP contribution in [0, 0.1) is 0 Å². The van der Waals surface area contributed by atoms with E-state index in [2.05, 4.69) is 5.16 Å². The number of benzene rings is 2. The van der Waals surface area contributed by atoms with E-state index in [0.717, 1.165) is 0 Å². The fraction of sp³-hybridized carbons (Fsp3) is 0.188. The standard InChI is InChI=1S/C16H15F3N2O2/c17-16(18,19)15(20)10-14(11-5-2-1-3-6-11)21-23-13-8-4-7-12(22)9-13/h1-9,15,22H,10,20H2/b21-14+. The summed E-state index contributed by atoms with van der Waals surface area (Å²) in [6.45, 7) is 0. The zero-order valence-electron chi connectivity index (χ0n) is 12.0. The molecule has 0 spiro atoms. The Morgan fingerprint density at radius 3 is 2.43 bits per heavy atom. The number of hydrogen-bond acceptors (Lipinski definition) is 4. The Morgan fingerprint density at radius 2 is 1.83 bits per heavy atom. The second kappa shape index (κ2) is 7.15. The first kappa shape index (κ1) is 16.8. The maximum Gasteiger partial charge on any atom is 0.404 e. The van der Waals surface area contributed by atoms with Gasteiger partial charge in [0.25, 0.3) is 0 Å². The lowest BCUT2D eigenvalue weighted by atomic mass is 10.0. The first-order valence-electron chi connectivity index (χ1n) is 6.77. The molecule has 0 amide bonds. The molecule has 0 aliphatic heterocycles. The lowest BCUT2D eigenvalue weighted by Gasteiger charge is -2.16. The highest BCUT2D eigenvalue weighted by molar-refractivity contribution is 6.00. The summed E-state index contributed by atoms with van der Waals surface area (Å²) >= 11 is 0. The van der Waals surface area contributed by atoms with E-state index < -0.39 is 18.6 Å². The normalized spacial score (nSPS) is 13.7. The molecule has 0 radical (unpaired) electrons. The van der Waals surface area contributed by atoms with Gasteiger partial charge in [-0.1, -0.05) is 41.6 Å². The highest BCUT2D eigenvalue weighted by atomic mass is 19.4.